The Bertz CT molecular complexity index is 381. The van der Waals surface area contributed by atoms with Crippen LogP contribution in [0.15, 0.2) is 16.9 Å². The van der Waals surface area contributed by atoms with Crippen LogP contribution < -0.4 is 5.32 Å². The Morgan fingerprint density at radius 2 is 2.41 bits per heavy atom. The molecule has 0 bridgehead atoms. The van der Waals surface area contributed by atoms with Crippen LogP contribution in [0, 0.1) is 0 Å². The molecule has 96 valence electrons. The minimum atomic E-state index is -0.754. The Labute approximate surface area is 110 Å². The normalized spacial score (nSPS) is 14.4. The Hall–Kier alpha value is -0.880. The van der Waals surface area contributed by atoms with Crippen LogP contribution in [0.2, 0.25) is 0 Å². The fourth-order valence-electron chi connectivity index (χ4n) is 1.57. The number of carbonyl (C=O) groups excluding carboxylic acids is 1. The summed E-state index contributed by atoms with van der Waals surface area (Å²) in [5.41, 5.74) is -0.754. The van der Waals surface area contributed by atoms with Gasteiger partial charge in [0.05, 0.1) is 24.3 Å². The molecule has 5 nitrogen and oxygen atoms in total. The molecule has 0 fully saturated rings. The summed E-state index contributed by atoms with van der Waals surface area (Å²) in [5.74, 6) is -0.280. The first-order valence-corrected chi connectivity index (χ1v) is 6.32. The average Bonchev–Trinajstić information content (AvgIpc) is 2.70. The Kier molecular flexibility index (Phi) is 5.14. The lowest BCUT2D eigenvalue weighted by Crippen LogP contribution is -2.53. The summed E-state index contributed by atoms with van der Waals surface area (Å²) in [7, 11) is 1.40. The van der Waals surface area contributed by atoms with Crippen LogP contribution in [0.5, 0.6) is 0 Å². The second kappa shape index (κ2) is 6.16. The maximum Gasteiger partial charge on any atom is 0.327 e. The number of aromatic nitrogens is 2. The lowest BCUT2D eigenvalue weighted by Gasteiger charge is -2.27. The molecule has 6 heteroatoms. The van der Waals surface area contributed by atoms with Gasteiger partial charge in [0.1, 0.15) is 5.54 Å². The van der Waals surface area contributed by atoms with Crippen molar-refractivity contribution in [1.29, 1.82) is 0 Å². The number of nitrogens with zero attached hydrogens (tertiary/aromatic N) is 2. The van der Waals surface area contributed by atoms with Crippen molar-refractivity contribution in [2.24, 2.45) is 0 Å². The molecule has 0 radical (unpaired) electrons. The van der Waals surface area contributed by atoms with E-state index in [0.717, 1.165) is 17.4 Å². The Morgan fingerprint density at radius 3 is 2.88 bits per heavy atom. The van der Waals surface area contributed by atoms with E-state index in [4.69, 9.17) is 4.74 Å². The molecule has 1 unspecified atom stereocenters. The molecule has 0 amide bonds. The first-order valence-electron chi connectivity index (χ1n) is 5.53. The highest BCUT2D eigenvalue weighted by molar-refractivity contribution is 9.10. The lowest BCUT2D eigenvalue weighted by atomic mass is 10.0. The van der Waals surface area contributed by atoms with Gasteiger partial charge in [-0.3, -0.25) is 4.68 Å². The van der Waals surface area contributed by atoms with Gasteiger partial charge in [0, 0.05) is 6.20 Å². The molecular weight excluding hydrogens is 286 g/mol. The molecule has 1 N–H and O–H groups in total. The summed E-state index contributed by atoms with van der Waals surface area (Å²) >= 11 is 3.33. The fraction of sp³-hybridized carbons (Fsp3) is 0.636. The second-order valence-corrected chi connectivity index (χ2v) is 5.02. The largest absolute Gasteiger partial charge is 0.468 e. The number of hydrogen-bond donors (Lipinski definition) is 1. The van der Waals surface area contributed by atoms with Gasteiger partial charge in [0.25, 0.3) is 0 Å². The van der Waals surface area contributed by atoms with E-state index in [2.05, 4.69) is 33.3 Å². The summed E-state index contributed by atoms with van der Waals surface area (Å²) in [4.78, 5) is 11.8. The van der Waals surface area contributed by atoms with E-state index >= 15 is 0 Å². The smallest absolute Gasteiger partial charge is 0.327 e. The van der Waals surface area contributed by atoms with Gasteiger partial charge in [-0.15, -0.1) is 0 Å². The minimum absolute atomic E-state index is 0.280. The number of rotatable bonds is 6. The average molecular weight is 304 g/mol. The van der Waals surface area contributed by atoms with Gasteiger partial charge in [-0.2, -0.15) is 5.10 Å². The molecule has 1 heterocycles. The molecule has 0 saturated carbocycles. The van der Waals surface area contributed by atoms with Crippen LogP contribution in [0.1, 0.15) is 20.3 Å². The van der Waals surface area contributed by atoms with Crippen molar-refractivity contribution in [2.75, 3.05) is 13.7 Å². The Balaban J connectivity index is 2.79. The van der Waals surface area contributed by atoms with Crippen LogP contribution in [-0.4, -0.2) is 34.9 Å². The van der Waals surface area contributed by atoms with Crippen molar-refractivity contribution in [3.8, 4) is 0 Å². The third kappa shape index (κ3) is 3.81. The standard InChI is InChI=1S/C11H18BrN3O2/c1-4-5-13-11(2,10(16)17-3)8-15-7-9(12)6-14-15/h6-7,13H,4-5,8H2,1-3H3. The van der Waals surface area contributed by atoms with Gasteiger partial charge in [0.15, 0.2) is 0 Å². The van der Waals surface area contributed by atoms with Crippen molar-refractivity contribution in [2.45, 2.75) is 32.4 Å². The van der Waals surface area contributed by atoms with E-state index in [9.17, 15) is 4.79 Å². The maximum atomic E-state index is 11.8. The zero-order chi connectivity index (χ0) is 12.9. The van der Waals surface area contributed by atoms with Gasteiger partial charge in [-0.05, 0) is 35.8 Å². The van der Waals surface area contributed by atoms with Crippen LogP contribution >= 0.6 is 15.9 Å². The molecule has 0 aliphatic carbocycles. The van der Waals surface area contributed by atoms with Gasteiger partial charge < -0.3 is 10.1 Å². The zero-order valence-electron chi connectivity index (χ0n) is 10.4. The lowest BCUT2D eigenvalue weighted by molar-refractivity contribution is -0.148. The van der Waals surface area contributed by atoms with E-state index < -0.39 is 5.54 Å². The monoisotopic (exact) mass is 303 g/mol. The minimum Gasteiger partial charge on any atom is -0.468 e. The molecule has 0 spiro atoms. The Morgan fingerprint density at radius 1 is 1.71 bits per heavy atom. The molecule has 0 aliphatic rings. The van der Waals surface area contributed by atoms with Crippen molar-refractivity contribution < 1.29 is 9.53 Å². The van der Waals surface area contributed by atoms with E-state index in [1.807, 2.05) is 13.1 Å². The predicted octanol–water partition coefficient (Wildman–Crippen LogP) is 1.58. The van der Waals surface area contributed by atoms with Crippen molar-refractivity contribution in [1.82, 2.24) is 15.1 Å². The number of carbonyl (C=O) groups is 1. The van der Waals surface area contributed by atoms with E-state index in [0.29, 0.717) is 6.54 Å². The van der Waals surface area contributed by atoms with Crippen LogP contribution in [0.25, 0.3) is 0 Å². The highest BCUT2D eigenvalue weighted by Crippen LogP contribution is 2.13. The molecule has 17 heavy (non-hydrogen) atoms. The van der Waals surface area contributed by atoms with Crippen molar-refractivity contribution >= 4 is 21.9 Å². The molecule has 1 aromatic rings. The fourth-order valence-corrected chi connectivity index (χ4v) is 1.90. The molecule has 1 aromatic heterocycles. The first-order chi connectivity index (χ1) is 8.01. The number of halogens is 1. The number of methoxy groups -OCH3 is 1. The molecule has 0 aliphatic heterocycles. The van der Waals surface area contributed by atoms with E-state index in [1.165, 1.54) is 7.11 Å². The number of esters is 1. The summed E-state index contributed by atoms with van der Waals surface area (Å²) in [6, 6.07) is 0. The topological polar surface area (TPSA) is 56.2 Å². The van der Waals surface area contributed by atoms with Crippen molar-refractivity contribution in [3.05, 3.63) is 16.9 Å². The number of hydrogen-bond acceptors (Lipinski definition) is 4. The predicted molar refractivity (Wildman–Crippen MR) is 68.6 cm³/mol. The van der Waals surface area contributed by atoms with Gasteiger partial charge >= 0.3 is 5.97 Å². The maximum absolute atomic E-state index is 11.8. The second-order valence-electron chi connectivity index (χ2n) is 4.11. The summed E-state index contributed by atoms with van der Waals surface area (Å²) in [6.07, 6.45) is 4.47. The van der Waals surface area contributed by atoms with E-state index in [-0.39, 0.29) is 5.97 Å². The van der Waals surface area contributed by atoms with Gasteiger partial charge in [-0.25, -0.2) is 4.79 Å². The molecular formula is C11H18BrN3O2. The van der Waals surface area contributed by atoms with E-state index in [1.54, 1.807) is 10.9 Å². The molecule has 0 aromatic carbocycles. The van der Waals surface area contributed by atoms with Gasteiger partial charge in [0.2, 0.25) is 0 Å². The van der Waals surface area contributed by atoms with Crippen molar-refractivity contribution in [3.63, 3.8) is 0 Å². The zero-order valence-corrected chi connectivity index (χ0v) is 12.0. The third-order valence-corrected chi connectivity index (χ3v) is 2.89. The SMILES string of the molecule is CCCNC(C)(Cn1cc(Br)cn1)C(=O)OC. The quantitative estimate of drug-likeness (QED) is 0.811. The van der Waals surface area contributed by atoms with Crippen LogP contribution in [0.3, 0.4) is 0 Å². The number of nitrogens with one attached hydrogen (secondary N) is 1. The molecule has 0 saturated heterocycles. The third-order valence-electron chi connectivity index (χ3n) is 2.48. The first kappa shape index (κ1) is 14.2. The molecule has 1 rings (SSSR count). The van der Waals surface area contributed by atoms with Crippen LogP contribution in [-0.2, 0) is 16.1 Å². The highest BCUT2D eigenvalue weighted by atomic mass is 79.9. The van der Waals surface area contributed by atoms with Gasteiger partial charge in [-0.1, -0.05) is 6.92 Å². The van der Waals surface area contributed by atoms with Crippen LogP contribution in [0.4, 0.5) is 0 Å². The summed E-state index contributed by atoms with van der Waals surface area (Å²) < 4.78 is 7.44. The highest BCUT2D eigenvalue weighted by Gasteiger charge is 2.34. The summed E-state index contributed by atoms with van der Waals surface area (Å²) in [5, 5.41) is 7.35. The molecule has 1 atom stereocenters. The number of ether oxygens (including phenoxy) is 1. The summed E-state index contributed by atoms with van der Waals surface area (Å²) in [6.45, 7) is 5.07.